The summed E-state index contributed by atoms with van der Waals surface area (Å²) < 4.78 is 5.83. The van der Waals surface area contributed by atoms with E-state index >= 15 is 0 Å². The van der Waals surface area contributed by atoms with Crippen molar-refractivity contribution in [1.82, 2.24) is 0 Å². The first kappa shape index (κ1) is 15.6. The first-order valence-electron chi connectivity index (χ1n) is 8.21. The van der Waals surface area contributed by atoms with Crippen LogP contribution in [0.1, 0.15) is 54.9 Å². The molecule has 2 aromatic carbocycles. The van der Waals surface area contributed by atoms with Gasteiger partial charge in [0.15, 0.2) is 0 Å². The Bertz CT molecular complexity index is 755. The number of hydrogen-bond donors (Lipinski definition) is 1. The van der Waals surface area contributed by atoms with Gasteiger partial charge in [0.25, 0.3) is 0 Å². The van der Waals surface area contributed by atoms with Gasteiger partial charge in [0, 0.05) is 5.39 Å². The zero-order valence-electron chi connectivity index (χ0n) is 13.5. The topological polar surface area (TPSA) is 46.5 Å². The van der Waals surface area contributed by atoms with Crippen molar-refractivity contribution in [3.05, 3.63) is 48.0 Å². The molecule has 120 valence electrons. The fourth-order valence-corrected chi connectivity index (χ4v) is 3.51. The number of fused-ring (bicyclic) bond motifs is 1. The minimum atomic E-state index is -0.444. The summed E-state index contributed by atoms with van der Waals surface area (Å²) in [5.41, 5.74) is 0.671. The summed E-state index contributed by atoms with van der Waals surface area (Å²) >= 11 is 0. The number of benzene rings is 2. The number of aromatic hydroxyl groups is 1. The maximum Gasteiger partial charge on any atom is 0.342 e. The molecule has 23 heavy (non-hydrogen) atoms. The van der Waals surface area contributed by atoms with Crippen molar-refractivity contribution in [2.24, 2.45) is 0 Å². The van der Waals surface area contributed by atoms with Gasteiger partial charge in [-0.2, -0.15) is 0 Å². The van der Waals surface area contributed by atoms with Gasteiger partial charge in [0.1, 0.15) is 16.9 Å². The first-order valence-corrected chi connectivity index (χ1v) is 8.21. The van der Waals surface area contributed by atoms with Crippen LogP contribution >= 0.6 is 0 Å². The molecule has 3 nitrogen and oxygen atoms in total. The van der Waals surface area contributed by atoms with Crippen molar-refractivity contribution in [1.29, 1.82) is 0 Å². The highest BCUT2D eigenvalue weighted by atomic mass is 16.6. The Morgan fingerprint density at radius 3 is 2.57 bits per heavy atom. The maximum absolute atomic E-state index is 12.7. The van der Waals surface area contributed by atoms with Crippen LogP contribution in [-0.2, 0) is 4.74 Å². The normalized spacial score (nSPS) is 16.4. The SMILES string of the molecule is C=Cc1cc(C(=O)OC2(CC)CCCC2)c(O)c2ccccc12. The fourth-order valence-electron chi connectivity index (χ4n) is 3.51. The van der Waals surface area contributed by atoms with Gasteiger partial charge in [-0.05, 0) is 49.1 Å². The lowest BCUT2D eigenvalue weighted by Gasteiger charge is -2.28. The van der Waals surface area contributed by atoms with Crippen LogP contribution in [0.5, 0.6) is 5.75 Å². The second-order valence-electron chi connectivity index (χ2n) is 6.24. The highest BCUT2D eigenvalue weighted by Crippen LogP contribution is 2.38. The Labute approximate surface area is 136 Å². The van der Waals surface area contributed by atoms with Gasteiger partial charge in [-0.15, -0.1) is 0 Å². The average molecular weight is 310 g/mol. The minimum Gasteiger partial charge on any atom is -0.506 e. The minimum absolute atomic E-state index is 0.0135. The van der Waals surface area contributed by atoms with Crippen LogP contribution in [0.2, 0.25) is 0 Å². The molecule has 1 N–H and O–H groups in total. The fraction of sp³-hybridized carbons (Fsp3) is 0.350. The van der Waals surface area contributed by atoms with Crippen LogP contribution < -0.4 is 0 Å². The number of ether oxygens (including phenoxy) is 1. The molecule has 3 rings (SSSR count). The van der Waals surface area contributed by atoms with Gasteiger partial charge in [0.2, 0.25) is 0 Å². The van der Waals surface area contributed by atoms with Gasteiger partial charge < -0.3 is 9.84 Å². The van der Waals surface area contributed by atoms with Crippen LogP contribution in [0.25, 0.3) is 16.8 Å². The van der Waals surface area contributed by atoms with Gasteiger partial charge in [-0.1, -0.05) is 43.8 Å². The predicted molar refractivity (Wildman–Crippen MR) is 92.6 cm³/mol. The molecule has 2 aromatic rings. The van der Waals surface area contributed by atoms with E-state index in [1.807, 2.05) is 25.1 Å². The molecule has 3 heteroatoms. The van der Waals surface area contributed by atoms with Gasteiger partial charge in [-0.25, -0.2) is 4.79 Å². The van der Waals surface area contributed by atoms with Crippen LogP contribution in [0.4, 0.5) is 0 Å². The van der Waals surface area contributed by atoms with E-state index < -0.39 is 5.97 Å². The number of esters is 1. The van der Waals surface area contributed by atoms with Crippen LogP contribution in [0.15, 0.2) is 36.9 Å². The van der Waals surface area contributed by atoms with E-state index in [1.54, 1.807) is 18.2 Å². The Hall–Kier alpha value is -2.29. The number of carbonyl (C=O) groups is 1. The number of rotatable bonds is 4. The second kappa shape index (κ2) is 6.07. The van der Waals surface area contributed by atoms with E-state index in [2.05, 4.69) is 6.58 Å². The molecule has 1 saturated carbocycles. The molecule has 1 aliphatic carbocycles. The van der Waals surface area contributed by atoms with E-state index in [9.17, 15) is 9.90 Å². The first-order chi connectivity index (χ1) is 11.1. The van der Waals surface area contributed by atoms with E-state index in [0.717, 1.165) is 43.1 Å². The highest BCUT2D eigenvalue weighted by molar-refractivity contribution is 6.04. The molecule has 0 spiro atoms. The van der Waals surface area contributed by atoms with Crippen molar-refractivity contribution in [2.45, 2.75) is 44.6 Å². The van der Waals surface area contributed by atoms with Gasteiger partial charge in [0.05, 0.1) is 0 Å². The summed E-state index contributed by atoms with van der Waals surface area (Å²) in [5.74, 6) is -0.458. The van der Waals surface area contributed by atoms with Crippen LogP contribution in [0, 0.1) is 0 Å². The van der Waals surface area contributed by atoms with E-state index in [-0.39, 0.29) is 16.9 Å². The molecule has 0 heterocycles. The second-order valence-corrected chi connectivity index (χ2v) is 6.24. The van der Waals surface area contributed by atoms with Crippen molar-refractivity contribution in [3.8, 4) is 5.75 Å². The van der Waals surface area contributed by atoms with Crippen molar-refractivity contribution >= 4 is 22.8 Å². The number of carbonyl (C=O) groups excluding carboxylic acids is 1. The maximum atomic E-state index is 12.7. The molecule has 0 aliphatic heterocycles. The smallest absolute Gasteiger partial charge is 0.342 e. The van der Waals surface area contributed by atoms with Crippen molar-refractivity contribution in [2.75, 3.05) is 0 Å². The summed E-state index contributed by atoms with van der Waals surface area (Å²) in [7, 11) is 0. The Balaban J connectivity index is 2.03. The number of phenolic OH excluding ortho intramolecular Hbond substituents is 1. The zero-order chi connectivity index (χ0) is 16.4. The molecule has 0 radical (unpaired) electrons. The molecule has 0 bridgehead atoms. The number of hydrogen-bond acceptors (Lipinski definition) is 3. The number of phenols is 1. The Kier molecular flexibility index (Phi) is 4.12. The molecule has 0 atom stereocenters. The average Bonchev–Trinajstić information content (AvgIpc) is 3.04. The molecule has 1 fully saturated rings. The van der Waals surface area contributed by atoms with Crippen LogP contribution in [0.3, 0.4) is 0 Å². The lowest BCUT2D eigenvalue weighted by Crippen LogP contribution is -2.31. The third kappa shape index (κ3) is 2.72. The summed E-state index contributed by atoms with van der Waals surface area (Å²) in [5, 5.41) is 12.1. The quantitative estimate of drug-likeness (QED) is 0.802. The molecule has 0 unspecified atom stereocenters. The highest BCUT2D eigenvalue weighted by Gasteiger charge is 2.36. The lowest BCUT2D eigenvalue weighted by atomic mass is 9.97. The van der Waals surface area contributed by atoms with E-state index in [1.165, 1.54) is 0 Å². The van der Waals surface area contributed by atoms with E-state index in [4.69, 9.17) is 4.74 Å². The summed E-state index contributed by atoms with van der Waals surface area (Å²) in [6.45, 7) is 5.86. The van der Waals surface area contributed by atoms with Crippen molar-refractivity contribution in [3.63, 3.8) is 0 Å². The standard InChI is InChI=1S/C20H22O3/c1-3-14-13-17(18(21)16-10-6-5-9-15(14)16)19(22)23-20(4-2)11-7-8-12-20/h3,5-6,9-10,13,21H,1,4,7-8,11-12H2,2H3. The van der Waals surface area contributed by atoms with Gasteiger partial charge >= 0.3 is 5.97 Å². The predicted octanol–water partition coefficient (Wildman–Crippen LogP) is 5.07. The molecule has 0 aromatic heterocycles. The molecular formula is C20H22O3. The molecular weight excluding hydrogens is 288 g/mol. The van der Waals surface area contributed by atoms with E-state index in [0.29, 0.717) is 5.39 Å². The summed E-state index contributed by atoms with van der Waals surface area (Å²) in [6.07, 6.45) is 6.48. The monoisotopic (exact) mass is 310 g/mol. The molecule has 0 amide bonds. The molecule has 1 aliphatic rings. The van der Waals surface area contributed by atoms with Crippen LogP contribution in [-0.4, -0.2) is 16.7 Å². The Morgan fingerprint density at radius 1 is 1.30 bits per heavy atom. The third-order valence-corrected chi connectivity index (χ3v) is 4.96. The van der Waals surface area contributed by atoms with Crippen molar-refractivity contribution < 1.29 is 14.6 Å². The zero-order valence-corrected chi connectivity index (χ0v) is 13.5. The lowest BCUT2D eigenvalue weighted by molar-refractivity contribution is -0.0174. The molecule has 0 saturated heterocycles. The largest absolute Gasteiger partial charge is 0.506 e. The summed E-state index contributed by atoms with van der Waals surface area (Å²) in [6, 6.07) is 9.13. The van der Waals surface area contributed by atoms with Gasteiger partial charge in [-0.3, -0.25) is 0 Å². The Morgan fingerprint density at radius 2 is 1.96 bits per heavy atom. The third-order valence-electron chi connectivity index (χ3n) is 4.96. The summed E-state index contributed by atoms with van der Waals surface area (Å²) in [4.78, 5) is 12.7.